The lowest BCUT2D eigenvalue weighted by Gasteiger charge is -2.37. The molecule has 1 aromatic heterocycles. The topological polar surface area (TPSA) is 91.8 Å². The number of rotatable bonds is 7. The van der Waals surface area contributed by atoms with Gasteiger partial charge >= 0.3 is 6.18 Å². The van der Waals surface area contributed by atoms with E-state index in [1.165, 1.54) is 25.2 Å². The van der Waals surface area contributed by atoms with Gasteiger partial charge in [-0.15, -0.1) is 0 Å². The molecule has 1 aliphatic heterocycles. The highest BCUT2D eigenvalue weighted by Crippen LogP contribution is 2.32. The second kappa shape index (κ2) is 11.0. The molecule has 2 aromatic rings. The fourth-order valence-electron chi connectivity index (χ4n) is 4.03. The van der Waals surface area contributed by atoms with Gasteiger partial charge in [0, 0.05) is 32.2 Å². The first-order chi connectivity index (χ1) is 16.8. The van der Waals surface area contributed by atoms with Crippen molar-refractivity contribution in [3.8, 4) is 0 Å². The van der Waals surface area contributed by atoms with Gasteiger partial charge in [-0.05, 0) is 44.5 Å². The molecule has 1 aliphatic rings. The summed E-state index contributed by atoms with van der Waals surface area (Å²) in [4.78, 5) is 18.4. The lowest BCUT2D eigenvalue weighted by atomic mass is 9.99. The summed E-state index contributed by atoms with van der Waals surface area (Å²) in [6.45, 7) is 5.76. The van der Waals surface area contributed by atoms with E-state index in [1.54, 1.807) is 11.8 Å². The Kier molecular flexibility index (Phi) is 8.44. The number of nitrogens with one attached hydrogen (secondary N) is 1. The molecule has 2 heterocycles. The van der Waals surface area contributed by atoms with Gasteiger partial charge in [0.15, 0.2) is 0 Å². The van der Waals surface area contributed by atoms with Crippen molar-refractivity contribution in [2.24, 2.45) is 0 Å². The van der Waals surface area contributed by atoms with Crippen molar-refractivity contribution >= 4 is 28.3 Å². The van der Waals surface area contributed by atoms with Gasteiger partial charge in [0.05, 0.1) is 23.8 Å². The van der Waals surface area contributed by atoms with Crippen LogP contribution in [0, 0.1) is 5.82 Å². The van der Waals surface area contributed by atoms with E-state index >= 15 is 0 Å². The van der Waals surface area contributed by atoms with E-state index in [0.717, 1.165) is 16.4 Å². The summed E-state index contributed by atoms with van der Waals surface area (Å²) >= 11 is 0. The van der Waals surface area contributed by atoms with Crippen LogP contribution in [0.5, 0.6) is 0 Å². The minimum Gasteiger partial charge on any atom is -0.372 e. The SMILES string of the molecule is CC1CN(c2nc(C(F)(F)F)ccc2CNC(=O)C(C)c2ccc(N(C)[SH](=O)=O)c(F)c2)CC(C)O1. The Morgan fingerprint density at radius 1 is 1.22 bits per heavy atom. The molecule has 0 saturated carbocycles. The molecule has 3 rings (SSSR count). The summed E-state index contributed by atoms with van der Waals surface area (Å²) in [5.74, 6) is -1.99. The molecule has 0 aliphatic carbocycles. The zero-order chi connectivity index (χ0) is 26.8. The second-order valence-corrected chi connectivity index (χ2v) is 9.83. The van der Waals surface area contributed by atoms with Crippen molar-refractivity contribution in [2.75, 3.05) is 29.3 Å². The molecule has 1 amide bonds. The van der Waals surface area contributed by atoms with Gasteiger partial charge in [-0.2, -0.15) is 13.2 Å². The second-order valence-electron chi connectivity index (χ2n) is 8.75. The largest absolute Gasteiger partial charge is 0.433 e. The smallest absolute Gasteiger partial charge is 0.372 e. The monoisotopic (exact) mass is 532 g/mol. The van der Waals surface area contributed by atoms with Crippen LogP contribution >= 0.6 is 0 Å². The number of benzene rings is 1. The van der Waals surface area contributed by atoms with Crippen molar-refractivity contribution in [3.63, 3.8) is 0 Å². The molecule has 0 spiro atoms. The van der Waals surface area contributed by atoms with Crippen LogP contribution in [0.4, 0.5) is 29.1 Å². The first-order valence-corrected chi connectivity index (χ1v) is 12.3. The van der Waals surface area contributed by atoms with Gasteiger partial charge < -0.3 is 15.0 Å². The van der Waals surface area contributed by atoms with E-state index < -0.39 is 40.4 Å². The Morgan fingerprint density at radius 2 is 1.86 bits per heavy atom. The average molecular weight is 533 g/mol. The third-order valence-corrected chi connectivity index (χ3v) is 6.58. The Morgan fingerprint density at radius 3 is 2.42 bits per heavy atom. The van der Waals surface area contributed by atoms with E-state index in [2.05, 4.69) is 10.3 Å². The third kappa shape index (κ3) is 6.44. The van der Waals surface area contributed by atoms with Gasteiger partial charge in [-0.25, -0.2) is 17.8 Å². The molecule has 3 unspecified atom stereocenters. The molecule has 13 heteroatoms. The number of ether oxygens (including phenoxy) is 1. The predicted octanol–water partition coefficient (Wildman–Crippen LogP) is 3.24. The lowest BCUT2D eigenvalue weighted by molar-refractivity contribution is -0.141. The van der Waals surface area contributed by atoms with Gasteiger partial charge in [-0.1, -0.05) is 12.1 Å². The van der Waals surface area contributed by atoms with Crippen molar-refractivity contribution in [1.82, 2.24) is 10.3 Å². The van der Waals surface area contributed by atoms with Crippen LogP contribution in [-0.2, 0) is 33.1 Å². The molecule has 0 bridgehead atoms. The molecule has 36 heavy (non-hydrogen) atoms. The van der Waals surface area contributed by atoms with Crippen molar-refractivity contribution in [2.45, 2.75) is 51.6 Å². The number of amides is 1. The van der Waals surface area contributed by atoms with E-state index in [0.29, 0.717) is 24.2 Å². The number of hydrogen-bond acceptors (Lipinski definition) is 6. The summed E-state index contributed by atoms with van der Waals surface area (Å²) in [5, 5.41) is 2.68. The fraction of sp³-hybridized carbons (Fsp3) is 0.478. The average Bonchev–Trinajstić information content (AvgIpc) is 2.80. The number of halogens is 4. The molecule has 1 fully saturated rings. The van der Waals surface area contributed by atoms with Crippen molar-refractivity contribution < 1.29 is 35.5 Å². The minimum atomic E-state index is -4.63. The Balaban J connectivity index is 1.80. The number of carbonyl (C=O) groups is 1. The van der Waals surface area contributed by atoms with Crippen molar-refractivity contribution in [1.29, 1.82) is 0 Å². The first kappa shape index (κ1) is 27.7. The number of anilines is 2. The normalized spacial score (nSPS) is 19.3. The van der Waals surface area contributed by atoms with E-state index in [4.69, 9.17) is 4.74 Å². The first-order valence-electron chi connectivity index (χ1n) is 11.2. The van der Waals surface area contributed by atoms with Crippen LogP contribution < -0.4 is 14.5 Å². The maximum Gasteiger partial charge on any atom is 0.433 e. The van der Waals surface area contributed by atoms with E-state index in [9.17, 15) is 30.8 Å². The minimum absolute atomic E-state index is 0.0935. The molecular formula is C23H28F4N4O4S. The van der Waals surface area contributed by atoms with Gasteiger partial charge in [0.2, 0.25) is 16.8 Å². The highest BCUT2D eigenvalue weighted by molar-refractivity contribution is 7.74. The lowest BCUT2D eigenvalue weighted by Crippen LogP contribution is -2.46. The predicted molar refractivity (Wildman–Crippen MR) is 127 cm³/mol. The standard InChI is InChI=1S/C23H28F4N4O4S/c1-13-11-31(12-14(2)35-13)21-17(6-8-20(29-21)23(25,26)27)10-28-22(32)15(3)16-5-7-19(18(24)9-16)30(4)36(33)34/h5-9,13-15,36H,10-12H2,1-4H3,(H,28,32). The number of hydrogen-bond donors (Lipinski definition) is 2. The molecule has 8 nitrogen and oxygen atoms in total. The Hall–Kier alpha value is -2.93. The van der Waals surface area contributed by atoms with Gasteiger partial charge in [-0.3, -0.25) is 9.10 Å². The summed E-state index contributed by atoms with van der Waals surface area (Å²) < 4.78 is 83.1. The van der Waals surface area contributed by atoms with Crippen LogP contribution in [0.15, 0.2) is 30.3 Å². The zero-order valence-corrected chi connectivity index (χ0v) is 21.1. The maximum absolute atomic E-state index is 14.4. The quantitative estimate of drug-likeness (QED) is 0.420. The molecule has 1 N–H and O–H groups in total. The summed E-state index contributed by atoms with van der Waals surface area (Å²) in [5.41, 5.74) is -0.484. The van der Waals surface area contributed by atoms with Gasteiger partial charge in [0.1, 0.15) is 17.3 Å². The maximum atomic E-state index is 14.4. The summed E-state index contributed by atoms with van der Waals surface area (Å²) in [7, 11) is -1.82. The summed E-state index contributed by atoms with van der Waals surface area (Å²) in [6, 6.07) is 5.94. The number of aromatic nitrogens is 1. The molecule has 198 valence electrons. The third-order valence-electron chi connectivity index (χ3n) is 5.88. The number of carbonyl (C=O) groups excluding carboxylic acids is 1. The highest BCUT2D eigenvalue weighted by atomic mass is 32.2. The molecule has 3 atom stereocenters. The highest BCUT2D eigenvalue weighted by Gasteiger charge is 2.34. The Labute approximate surface area is 208 Å². The molecule has 0 radical (unpaired) electrons. The number of pyridine rings is 1. The van der Waals surface area contributed by atoms with E-state index in [-0.39, 0.29) is 30.3 Å². The van der Waals surface area contributed by atoms with Crippen LogP contribution in [0.25, 0.3) is 0 Å². The zero-order valence-electron chi connectivity index (χ0n) is 20.2. The molecular weight excluding hydrogens is 504 g/mol. The Bertz CT molecular complexity index is 1170. The number of nitrogens with zero attached hydrogens (tertiary/aromatic N) is 3. The van der Waals surface area contributed by atoms with Crippen LogP contribution in [0.1, 0.15) is 43.5 Å². The van der Waals surface area contributed by atoms with E-state index in [1.807, 2.05) is 13.8 Å². The van der Waals surface area contributed by atoms with Crippen LogP contribution in [0.3, 0.4) is 0 Å². The fourth-order valence-corrected chi connectivity index (χ4v) is 4.37. The number of alkyl halides is 3. The van der Waals surface area contributed by atoms with Crippen LogP contribution in [-0.4, -0.2) is 51.7 Å². The summed E-state index contributed by atoms with van der Waals surface area (Å²) in [6.07, 6.45) is -5.06. The molecule has 1 aromatic carbocycles. The number of thiol groups is 1. The van der Waals surface area contributed by atoms with Crippen molar-refractivity contribution in [3.05, 3.63) is 53.0 Å². The molecule has 1 saturated heterocycles. The van der Waals surface area contributed by atoms with Crippen LogP contribution in [0.2, 0.25) is 0 Å². The number of morpholine rings is 1. The van der Waals surface area contributed by atoms with Gasteiger partial charge in [0.25, 0.3) is 0 Å².